The van der Waals surface area contributed by atoms with E-state index in [0.29, 0.717) is 35.1 Å². The monoisotopic (exact) mass is 407 g/mol. The second-order valence-corrected chi connectivity index (χ2v) is 8.94. The highest BCUT2D eigenvalue weighted by Gasteiger charge is 2.44. The first kappa shape index (κ1) is 20.1. The third-order valence-corrected chi connectivity index (χ3v) is 5.91. The summed E-state index contributed by atoms with van der Waals surface area (Å²) in [6.07, 6.45) is 2.37. The van der Waals surface area contributed by atoms with Crippen LogP contribution in [-0.4, -0.2) is 18.9 Å². The van der Waals surface area contributed by atoms with Gasteiger partial charge in [0.1, 0.15) is 5.58 Å². The molecule has 2 aromatic rings. The zero-order valence-corrected chi connectivity index (χ0v) is 17.8. The molecule has 0 unspecified atom stereocenters. The van der Waals surface area contributed by atoms with Gasteiger partial charge in [-0.3, -0.25) is 9.59 Å². The fraction of sp³-hybridized carbons (Fsp3) is 0.375. The first-order valence-electron chi connectivity index (χ1n) is 9.97. The van der Waals surface area contributed by atoms with Gasteiger partial charge in [-0.25, -0.2) is 4.79 Å². The summed E-state index contributed by atoms with van der Waals surface area (Å²) in [5.41, 5.74) is 3.28. The summed E-state index contributed by atoms with van der Waals surface area (Å²) in [6, 6.07) is 5.38. The van der Waals surface area contributed by atoms with Gasteiger partial charge in [-0.15, -0.1) is 0 Å². The summed E-state index contributed by atoms with van der Waals surface area (Å²) < 4.78 is 10.8. The first-order valence-corrected chi connectivity index (χ1v) is 9.97. The van der Waals surface area contributed by atoms with Gasteiger partial charge in [0.25, 0.3) is 0 Å². The molecule has 2 heterocycles. The van der Waals surface area contributed by atoms with Crippen LogP contribution in [0.2, 0.25) is 0 Å². The van der Waals surface area contributed by atoms with E-state index in [4.69, 9.17) is 9.15 Å². The van der Waals surface area contributed by atoms with Crippen LogP contribution in [0, 0.1) is 12.3 Å². The number of benzene rings is 1. The molecule has 1 aliphatic heterocycles. The first-order chi connectivity index (χ1) is 14.1. The van der Waals surface area contributed by atoms with E-state index in [0.717, 1.165) is 11.3 Å². The summed E-state index contributed by atoms with van der Waals surface area (Å²) in [6.45, 7) is 7.73. The van der Waals surface area contributed by atoms with E-state index in [9.17, 15) is 14.4 Å². The number of rotatable bonds is 2. The normalized spacial score (nSPS) is 20.8. The summed E-state index contributed by atoms with van der Waals surface area (Å²) in [5, 5.41) is 3.67. The van der Waals surface area contributed by atoms with Crippen LogP contribution >= 0.6 is 0 Å². The van der Waals surface area contributed by atoms with Crippen molar-refractivity contribution in [1.29, 1.82) is 0 Å². The SMILES string of the molecule is COC(=O)C1=C(C)NC2=C(C(=O)CC(C)(C)C2)[C@@H]1c1coc2ccc(C)cc2c1=O. The van der Waals surface area contributed by atoms with Crippen molar-refractivity contribution in [3.8, 4) is 0 Å². The molecule has 156 valence electrons. The number of esters is 1. The Balaban J connectivity index is 2.01. The Kier molecular flexibility index (Phi) is 4.68. The maximum Gasteiger partial charge on any atom is 0.336 e. The second kappa shape index (κ2) is 6.97. The molecule has 6 nitrogen and oxygen atoms in total. The van der Waals surface area contributed by atoms with Crippen LogP contribution in [0.4, 0.5) is 0 Å². The number of aryl methyl sites for hydroxylation is 1. The molecule has 30 heavy (non-hydrogen) atoms. The minimum Gasteiger partial charge on any atom is -0.466 e. The van der Waals surface area contributed by atoms with Crippen LogP contribution in [0.15, 0.2) is 56.2 Å². The van der Waals surface area contributed by atoms with Gasteiger partial charge in [0, 0.05) is 29.0 Å². The van der Waals surface area contributed by atoms with E-state index < -0.39 is 11.9 Å². The average molecular weight is 407 g/mol. The fourth-order valence-electron chi connectivity index (χ4n) is 4.59. The molecule has 2 aliphatic rings. The Hall–Kier alpha value is -3.15. The second-order valence-electron chi connectivity index (χ2n) is 8.94. The minimum atomic E-state index is -0.821. The molecule has 0 saturated carbocycles. The molecule has 1 atom stereocenters. The molecular weight excluding hydrogens is 382 g/mol. The highest BCUT2D eigenvalue weighted by atomic mass is 16.5. The van der Waals surface area contributed by atoms with Gasteiger partial charge in [0.2, 0.25) is 0 Å². The smallest absolute Gasteiger partial charge is 0.336 e. The Morgan fingerprint density at radius 3 is 2.63 bits per heavy atom. The van der Waals surface area contributed by atoms with Crippen molar-refractivity contribution < 1.29 is 18.7 Å². The van der Waals surface area contributed by atoms with Crippen molar-refractivity contribution in [3.63, 3.8) is 0 Å². The minimum absolute atomic E-state index is 0.0728. The number of ether oxygens (including phenoxy) is 1. The molecule has 0 spiro atoms. The Labute approximate surface area is 174 Å². The summed E-state index contributed by atoms with van der Waals surface area (Å²) in [7, 11) is 1.29. The maximum absolute atomic E-state index is 13.5. The molecule has 0 amide bonds. The topological polar surface area (TPSA) is 85.6 Å². The van der Waals surface area contributed by atoms with E-state index in [1.165, 1.54) is 13.4 Å². The summed E-state index contributed by atoms with van der Waals surface area (Å²) >= 11 is 0. The van der Waals surface area contributed by atoms with Crippen molar-refractivity contribution >= 4 is 22.7 Å². The van der Waals surface area contributed by atoms with Crippen molar-refractivity contribution in [1.82, 2.24) is 5.32 Å². The highest BCUT2D eigenvalue weighted by Crippen LogP contribution is 2.46. The van der Waals surface area contributed by atoms with Crippen LogP contribution in [0.5, 0.6) is 0 Å². The molecule has 1 aromatic carbocycles. The lowest BCUT2D eigenvalue weighted by Crippen LogP contribution is -2.39. The van der Waals surface area contributed by atoms with Gasteiger partial charge in [-0.05, 0) is 37.8 Å². The summed E-state index contributed by atoms with van der Waals surface area (Å²) in [4.78, 5) is 39.4. The molecule has 0 saturated heterocycles. The molecule has 1 N–H and O–H groups in total. The molecule has 6 heteroatoms. The quantitative estimate of drug-likeness (QED) is 0.761. The van der Waals surface area contributed by atoms with Crippen molar-refractivity contribution in [3.05, 3.63) is 68.4 Å². The molecule has 1 aromatic heterocycles. The number of fused-ring (bicyclic) bond motifs is 1. The average Bonchev–Trinajstić information content (AvgIpc) is 2.66. The lowest BCUT2D eigenvalue weighted by atomic mass is 9.68. The Morgan fingerprint density at radius 2 is 1.93 bits per heavy atom. The Bertz CT molecular complexity index is 1210. The third-order valence-electron chi connectivity index (χ3n) is 5.91. The molecule has 4 rings (SSSR count). The van der Waals surface area contributed by atoms with Gasteiger partial charge < -0.3 is 14.5 Å². The van der Waals surface area contributed by atoms with Gasteiger partial charge >= 0.3 is 5.97 Å². The number of allylic oxidation sites excluding steroid dienone is 3. The number of carbonyl (C=O) groups excluding carboxylic acids is 2. The van der Waals surface area contributed by atoms with Crippen molar-refractivity contribution in [2.24, 2.45) is 5.41 Å². The number of hydrogen-bond acceptors (Lipinski definition) is 6. The number of methoxy groups -OCH3 is 1. The summed E-state index contributed by atoms with van der Waals surface area (Å²) in [5.74, 6) is -1.47. The van der Waals surface area contributed by atoms with Crippen molar-refractivity contribution in [2.75, 3.05) is 7.11 Å². The van der Waals surface area contributed by atoms with Gasteiger partial charge in [0.05, 0.1) is 30.3 Å². The van der Waals surface area contributed by atoms with Gasteiger partial charge in [0.15, 0.2) is 11.2 Å². The standard InChI is InChI=1S/C24H25NO5/c1-12-6-7-18-14(8-12)22(27)15(11-30-18)20-19(23(28)29-5)13(2)25-16-9-24(3,4)10-17(26)21(16)20/h6-8,11,20,25H,9-10H2,1-5H3/t20-/m1/s1. The van der Waals surface area contributed by atoms with Crippen LogP contribution in [0.25, 0.3) is 11.0 Å². The van der Waals surface area contributed by atoms with Crippen LogP contribution in [0.1, 0.15) is 50.7 Å². The van der Waals surface area contributed by atoms with E-state index in [1.807, 2.05) is 26.8 Å². The van der Waals surface area contributed by atoms with E-state index in [1.54, 1.807) is 19.1 Å². The number of carbonyl (C=O) groups is 2. The Morgan fingerprint density at radius 1 is 1.20 bits per heavy atom. The number of hydrogen-bond donors (Lipinski definition) is 1. The van der Waals surface area contributed by atoms with E-state index >= 15 is 0 Å². The van der Waals surface area contributed by atoms with Crippen LogP contribution < -0.4 is 10.7 Å². The molecule has 0 radical (unpaired) electrons. The van der Waals surface area contributed by atoms with Gasteiger partial charge in [-0.1, -0.05) is 25.5 Å². The third kappa shape index (κ3) is 3.16. The van der Waals surface area contributed by atoms with Crippen LogP contribution in [0.3, 0.4) is 0 Å². The zero-order chi connectivity index (χ0) is 21.8. The number of dihydropyridines is 1. The highest BCUT2D eigenvalue weighted by molar-refractivity contribution is 6.04. The largest absolute Gasteiger partial charge is 0.466 e. The number of nitrogens with one attached hydrogen (secondary N) is 1. The number of ketones is 1. The van der Waals surface area contributed by atoms with E-state index in [2.05, 4.69) is 5.32 Å². The lowest BCUT2D eigenvalue weighted by molar-refractivity contribution is -0.136. The van der Waals surface area contributed by atoms with E-state index in [-0.39, 0.29) is 27.8 Å². The molecule has 0 fully saturated rings. The van der Waals surface area contributed by atoms with Gasteiger partial charge in [-0.2, -0.15) is 0 Å². The molecule has 1 aliphatic carbocycles. The van der Waals surface area contributed by atoms with Crippen LogP contribution in [-0.2, 0) is 14.3 Å². The predicted molar refractivity (Wildman–Crippen MR) is 113 cm³/mol. The zero-order valence-electron chi connectivity index (χ0n) is 17.8. The maximum atomic E-state index is 13.5. The number of Topliss-reactive ketones (excluding diaryl/α,β-unsaturated/α-hetero) is 1. The lowest BCUT2D eigenvalue weighted by Gasteiger charge is -2.39. The van der Waals surface area contributed by atoms with Crippen molar-refractivity contribution in [2.45, 2.75) is 46.5 Å². The molecular formula is C24H25NO5. The fourth-order valence-corrected chi connectivity index (χ4v) is 4.59. The predicted octanol–water partition coefficient (Wildman–Crippen LogP) is 3.88. The molecule has 0 bridgehead atoms.